The lowest BCUT2D eigenvalue weighted by molar-refractivity contribution is -0.390. The van der Waals surface area contributed by atoms with Gasteiger partial charge in [0.1, 0.15) is 12.8 Å². The molecule has 0 aliphatic rings. The molecule has 0 saturated carbocycles. The van der Waals surface area contributed by atoms with Gasteiger partial charge in [-0.1, -0.05) is 23.7 Å². The molecule has 6 nitrogen and oxygen atoms in total. The number of thiazole rings is 1. The van der Waals surface area contributed by atoms with Crippen LogP contribution in [0.15, 0.2) is 48.0 Å². The first-order valence-electron chi connectivity index (χ1n) is 7.02. The molecule has 1 aromatic carbocycles. The van der Waals surface area contributed by atoms with E-state index in [0.29, 0.717) is 11.4 Å². The van der Waals surface area contributed by atoms with Gasteiger partial charge in [-0.15, -0.1) is 11.3 Å². The fraction of sp³-hybridized carbons (Fsp3) is 0.125. The Labute approximate surface area is 146 Å². The fourth-order valence-electron chi connectivity index (χ4n) is 2.06. The molecule has 24 heavy (non-hydrogen) atoms. The number of nitro groups is 1. The van der Waals surface area contributed by atoms with E-state index in [1.807, 2.05) is 29.6 Å². The van der Waals surface area contributed by atoms with Gasteiger partial charge in [-0.2, -0.15) is 0 Å². The Morgan fingerprint density at radius 2 is 2.04 bits per heavy atom. The number of aromatic nitrogens is 2. The number of nitrogens with zero attached hydrogens (tertiary/aromatic N) is 3. The Morgan fingerprint density at radius 1 is 1.25 bits per heavy atom. The summed E-state index contributed by atoms with van der Waals surface area (Å²) >= 11 is 7.39. The molecule has 2 heterocycles. The summed E-state index contributed by atoms with van der Waals surface area (Å²) in [5.41, 5.74) is 1.84. The summed E-state index contributed by atoms with van der Waals surface area (Å²) in [6.07, 6.45) is 2.06. The lowest BCUT2D eigenvalue weighted by Crippen LogP contribution is -2.01. The largest absolute Gasteiger partial charge is 0.479 e. The van der Waals surface area contributed by atoms with Crippen LogP contribution in [0, 0.1) is 10.1 Å². The van der Waals surface area contributed by atoms with Gasteiger partial charge in [-0.3, -0.25) is 0 Å². The van der Waals surface area contributed by atoms with E-state index in [1.54, 1.807) is 6.07 Å². The molecular formula is C16H12ClN3O3S. The molecule has 0 unspecified atom stereocenters. The smallest absolute Gasteiger partial charge is 0.406 e. The lowest BCUT2D eigenvalue weighted by atomic mass is 10.2. The van der Waals surface area contributed by atoms with Crippen LogP contribution in [0.1, 0.15) is 16.3 Å². The first-order valence-corrected chi connectivity index (χ1v) is 8.27. The number of pyridine rings is 1. The van der Waals surface area contributed by atoms with E-state index in [4.69, 9.17) is 16.3 Å². The number of hydrogen-bond acceptors (Lipinski definition) is 6. The van der Waals surface area contributed by atoms with Crippen LogP contribution in [0.4, 0.5) is 5.82 Å². The lowest BCUT2D eigenvalue weighted by Gasteiger charge is -2.03. The van der Waals surface area contributed by atoms with Gasteiger partial charge in [0, 0.05) is 16.8 Å². The Balaban J connectivity index is 1.64. The molecule has 3 rings (SSSR count). The normalized spacial score (nSPS) is 10.5. The topological polar surface area (TPSA) is 78.2 Å². The van der Waals surface area contributed by atoms with E-state index in [9.17, 15) is 10.1 Å². The van der Waals surface area contributed by atoms with E-state index >= 15 is 0 Å². The standard InChI is InChI=1S/C16H12ClN3O3S/c17-12-5-3-11(4-6-12)8-15-19-13(10-24-15)9-23-14-2-1-7-18-16(14)20(21)22/h1-7,10H,8-9H2. The maximum atomic E-state index is 10.9. The summed E-state index contributed by atoms with van der Waals surface area (Å²) in [6, 6.07) is 10.7. The molecule has 0 radical (unpaired) electrons. The molecule has 8 heteroatoms. The van der Waals surface area contributed by atoms with Crippen LogP contribution < -0.4 is 4.74 Å². The molecule has 0 N–H and O–H groups in total. The van der Waals surface area contributed by atoms with Gasteiger partial charge in [0.15, 0.2) is 0 Å². The van der Waals surface area contributed by atoms with Gasteiger partial charge >= 0.3 is 5.82 Å². The van der Waals surface area contributed by atoms with Crippen molar-refractivity contribution in [2.45, 2.75) is 13.0 Å². The van der Waals surface area contributed by atoms with Crippen LogP contribution in [-0.4, -0.2) is 14.9 Å². The van der Waals surface area contributed by atoms with E-state index in [2.05, 4.69) is 9.97 Å². The van der Waals surface area contributed by atoms with Crippen LogP contribution in [0.2, 0.25) is 5.02 Å². The number of ether oxygens (including phenoxy) is 1. The van der Waals surface area contributed by atoms with Gasteiger partial charge < -0.3 is 14.9 Å². The highest BCUT2D eigenvalue weighted by Gasteiger charge is 2.16. The number of benzene rings is 1. The second kappa shape index (κ2) is 7.37. The number of hydrogen-bond donors (Lipinski definition) is 0. The Bertz CT molecular complexity index is 852. The molecule has 0 bridgehead atoms. The Hall–Kier alpha value is -2.51. The van der Waals surface area contributed by atoms with Crippen molar-refractivity contribution in [2.24, 2.45) is 0 Å². The third-order valence-electron chi connectivity index (χ3n) is 3.17. The Kier molecular flexibility index (Phi) is 5.02. The van der Waals surface area contributed by atoms with Crippen LogP contribution in [0.5, 0.6) is 5.75 Å². The van der Waals surface area contributed by atoms with Crippen molar-refractivity contribution in [3.63, 3.8) is 0 Å². The predicted molar refractivity (Wildman–Crippen MR) is 91.6 cm³/mol. The van der Waals surface area contributed by atoms with Crippen molar-refractivity contribution in [3.05, 3.63) is 79.4 Å². The van der Waals surface area contributed by atoms with Gasteiger partial charge in [0.2, 0.25) is 5.75 Å². The minimum Gasteiger partial charge on any atom is -0.479 e. The van der Waals surface area contributed by atoms with Crippen molar-refractivity contribution >= 4 is 28.8 Å². The second-order valence-corrected chi connectivity index (χ2v) is 6.29. The summed E-state index contributed by atoms with van der Waals surface area (Å²) in [7, 11) is 0. The van der Waals surface area contributed by atoms with Crippen molar-refractivity contribution in [2.75, 3.05) is 0 Å². The second-order valence-electron chi connectivity index (χ2n) is 4.91. The first kappa shape index (κ1) is 16.4. The minimum atomic E-state index is -0.567. The molecule has 3 aromatic rings. The van der Waals surface area contributed by atoms with Crippen molar-refractivity contribution in [1.29, 1.82) is 0 Å². The molecule has 0 amide bonds. The number of rotatable bonds is 6. The van der Waals surface area contributed by atoms with Crippen molar-refractivity contribution in [1.82, 2.24) is 9.97 Å². The van der Waals surface area contributed by atoms with Crippen LogP contribution >= 0.6 is 22.9 Å². The Morgan fingerprint density at radius 3 is 2.79 bits per heavy atom. The minimum absolute atomic E-state index is 0.134. The molecule has 0 aliphatic carbocycles. The average molecular weight is 362 g/mol. The highest BCUT2D eigenvalue weighted by atomic mass is 35.5. The number of halogens is 1. The van der Waals surface area contributed by atoms with Crippen LogP contribution in [0.3, 0.4) is 0 Å². The third-order valence-corrected chi connectivity index (χ3v) is 4.32. The molecule has 2 aromatic heterocycles. The van der Waals surface area contributed by atoms with Gasteiger partial charge in [0.25, 0.3) is 0 Å². The molecule has 0 fully saturated rings. The zero-order valence-corrected chi connectivity index (χ0v) is 14.0. The van der Waals surface area contributed by atoms with Gasteiger partial charge in [-0.25, -0.2) is 4.98 Å². The molecule has 0 saturated heterocycles. The van der Waals surface area contributed by atoms with E-state index in [1.165, 1.54) is 23.6 Å². The molecule has 0 spiro atoms. The maximum absolute atomic E-state index is 10.9. The third kappa shape index (κ3) is 4.06. The van der Waals surface area contributed by atoms with E-state index in [-0.39, 0.29) is 18.2 Å². The van der Waals surface area contributed by atoms with Gasteiger partial charge in [-0.05, 0) is 39.7 Å². The van der Waals surface area contributed by atoms with Crippen molar-refractivity contribution in [3.8, 4) is 5.75 Å². The highest BCUT2D eigenvalue weighted by molar-refractivity contribution is 7.09. The average Bonchev–Trinajstić information content (AvgIpc) is 3.03. The molecule has 0 aliphatic heterocycles. The highest BCUT2D eigenvalue weighted by Crippen LogP contribution is 2.24. The first-order chi connectivity index (χ1) is 11.6. The zero-order valence-electron chi connectivity index (χ0n) is 12.4. The van der Waals surface area contributed by atoms with Gasteiger partial charge in [0.05, 0.1) is 10.7 Å². The maximum Gasteiger partial charge on any atom is 0.406 e. The van der Waals surface area contributed by atoms with E-state index in [0.717, 1.165) is 16.3 Å². The fourth-order valence-corrected chi connectivity index (χ4v) is 3.00. The zero-order chi connectivity index (χ0) is 16.9. The summed E-state index contributed by atoms with van der Waals surface area (Å²) in [5, 5.41) is 14.4. The summed E-state index contributed by atoms with van der Waals surface area (Å²) < 4.78 is 5.49. The summed E-state index contributed by atoms with van der Waals surface area (Å²) in [5.74, 6) is -0.163. The van der Waals surface area contributed by atoms with Crippen LogP contribution in [0.25, 0.3) is 0 Å². The van der Waals surface area contributed by atoms with Crippen LogP contribution in [-0.2, 0) is 13.0 Å². The van der Waals surface area contributed by atoms with E-state index < -0.39 is 4.92 Å². The summed E-state index contributed by atoms with van der Waals surface area (Å²) in [4.78, 5) is 18.5. The summed E-state index contributed by atoms with van der Waals surface area (Å²) in [6.45, 7) is 0.156. The predicted octanol–water partition coefficient (Wildman–Crippen LogP) is 4.27. The SMILES string of the molecule is O=[N+]([O-])c1ncccc1OCc1csc(Cc2ccc(Cl)cc2)n1. The molecule has 122 valence electrons. The quantitative estimate of drug-likeness (QED) is 0.484. The molecule has 0 atom stereocenters. The molecular weight excluding hydrogens is 350 g/mol. The monoisotopic (exact) mass is 361 g/mol. The van der Waals surface area contributed by atoms with Crippen molar-refractivity contribution < 1.29 is 9.66 Å².